The highest BCUT2D eigenvalue weighted by Crippen LogP contribution is 2.24. The molecule has 0 fully saturated rings. The number of rotatable bonds is 9. The Morgan fingerprint density at radius 3 is 2.60 bits per heavy atom. The van der Waals surface area contributed by atoms with Crippen molar-refractivity contribution >= 4 is 28.2 Å². The minimum absolute atomic E-state index is 0.0897. The van der Waals surface area contributed by atoms with Gasteiger partial charge in [0.15, 0.2) is 16.6 Å². The van der Waals surface area contributed by atoms with Gasteiger partial charge in [-0.15, -0.1) is 0 Å². The monoisotopic (exact) mass is 300 g/mol. The maximum absolute atomic E-state index is 11.5. The van der Waals surface area contributed by atoms with Gasteiger partial charge < -0.3 is 14.8 Å². The van der Waals surface area contributed by atoms with Crippen LogP contribution < -0.4 is 5.32 Å². The summed E-state index contributed by atoms with van der Waals surface area (Å²) in [5.41, 5.74) is 0.0897. The Kier molecular flexibility index (Phi) is 7.17. The molecule has 0 amide bonds. The highest BCUT2D eigenvalue weighted by atomic mass is 32.1. The number of esters is 1. The van der Waals surface area contributed by atoms with Gasteiger partial charge in [0.25, 0.3) is 0 Å². The molecule has 0 unspecified atom stereocenters. The predicted octanol–water partition coefficient (Wildman–Crippen LogP) is 2.36. The zero-order valence-electron chi connectivity index (χ0n) is 12.0. The molecule has 0 atom stereocenters. The minimum atomic E-state index is -0.584. The number of anilines is 1. The lowest BCUT2D eigenvalue weighted by atomic mass is 10.2. The van der Waals surface area contributed by atoms with Crippen molar-refractivity contribution in [3.63, 3.8) is 0 Å². The van der Waals surface area contributed by atoms with Gasteiger partial charge in [0.05, 0.1) is 7.11 Å². The molecular formula is C13H20N2O4S. The minimum Gasteiger partial charge on any atom is -0.464 e. The molecule has 6 nitrogen and oxygen atoms in total. The van der Waals surface area contributed by atoms with Gasteiger partial charge in [-0.25, -0.2) is 9.78 Å². The first-order valence-electron chi connectivity index (χ1n) is 6.43. The molecule has 0 aliphatic rings. The fourth-order valence-corrected chi connectivity index (χ4v) is 2.49. The summed E-state index contributed by atoms with van der Waals surface area (Å²) in [6.45, 7) is 2.92. The molecule has 0 aliphatic carbocycles. The van der Waals surface area contributed by atoms with E-state index in [0.29, 0.717) is 10.0 Å². The van der Waals surface area contributed by atoms with Gasteiger partial charge in [0, 0.05) is 27.2 Å². The van der Waals surface area contributed by atoms with E-state index in [9.17, 15) is 9.59 Å². The van der Waals surface area contributed by atoms with Gasteiger partial charge >= 0.3 is 5.97 Å². The maximum atomic E-state index is 11.5. The van der Waals surface area contributed by atoms with Gasteiger partial charge in [-0.3, -0.25) is 4.79 Å². The van der Waals surface area contributed by atoms with E-state index in [1.807, 2.05) is 0 Å². The average molecular weight is 300 g/mol. The van der Waals surface area contributed by atoms with Crippen LogP contribution in [-0.4, -0.2) is 44.1 Å². The molecule has 112 valence electrons. The van der Waals surface area contributed by atoms with E-state index >= 15 is 0 Å². The Labute approximate surface area is 122 Å². The van der Waals surface area contributed by atoms with Gasteiger partial charge in [-0.05, 0) is 19.3 Å². The molecule has 1 aromatic heterocycles. The van der Waals surface area contributed by atoms with Crippen molar-refractivity contribution in [1.82, 2.24) is 4.98 Å². The average Bonchev–Trinajstić information content (AvgIpc) is 2.86. The molecule has 20 heavy (non-hydrogen) atoms. The van der Waals surface area contributed by atoms with E-state index in [4.69, 9.17) is 4.74 Å². The third kappa shape index (κ3) is 4.90. The largest absolute Gasteiger partial charge is 0.464 e. The molecule has 1 N–H and O–H groups in total. The molecule has 1 rings (SSSR count). The summed E-state index contributed by atoms with van der Waals surface area (Å²) in [5.74, 6) is -0.768. The number of hydrogen-bond acceptors (Lipinski definition) is 7. The van der Waals surface area contributed by atoms with Crippen LogP contribution in [0.2, 0.25) is 0 Å². The van der Waals surface area contributed by atoms with Gasteiger partial charge in [0.1, 0.15) is 4.88 Å². The van der Waals surface area contributed by atoms with Crippen LogP contribution in [0.4, 0.5) is 5.13 Å². The summed E-state index contributed by atoms with van der Waals surface area (Å²) >= 11 is 1.18. The van der Waals surface area contributed by atoms with Crippen molar-refractivity contribution in [2.45, 2.75) is 26.2 Å². The van der Waals surface area contributed by atoms with E-state index in [1.54, 1.807) is 7.11 Å². The summed E-state index contributed by atoms with van der Waals surface area (Å²) in [5, 5.41) is 3.69. The Morgan fingerprint density at radius 1 is 1.25 bits per heavy atom. The first-order valence-corrected chi connectivity index (χ1v) is 7.24. The number of nitrogens with one attached hydrogen (secondary N) is 1. The molecule has 0 aliphatic heterocycles. The number of nitrogens with zero attached hydrogens (tertiary/aromatic N) is 1. The molecule has 7 heteroatoms. The zero-order chi connectivity index (χ0) is 15.0. The number of thiazole rings is 1. The standard InChI is InChI=1S/C13H20N2O4S/c1-9(16)11-10(12(17)19-3)15-13(20-11)14-7-5-4-6-8-18-2/h4-8H2,1-3H3,(H,14,15). The fraction of sp³-hybridized carbons (Fsp3) is 0.615. The summed E-state index contributed by atoms with van der Waals surface area (Å²) in [6.07, 6.45) is 3.05. The second-order valence-corrected chi connectivity index (χ2v) is 5.22. The Bertz CT molecular complexity index is 459. The number of methoxy groups -OCH3 is 2. The van der Waals surface area contributed by atoms with Crippen molar-refractivity contribution < 1.29 is 19.1 Å². The number of ether oxygens (including phenoxy) is 2. The van der Waals surface area contributed by atoms with Gasteiger partial charge in [-0.2, -0.15) is 0 Å². The fourth-order valence-electron chi connectivity index (χ4n) is 1.61. The number of carbonyl (C=O) groups excluding carboxylic acids is 2. The van der Waals surface area contributed by atoms with Crippen molar-refractivity contribution in [1.29, 1.82) is 0 Å². The normalized spacial score (nSPS) is 10.3. The van der Waals surface area contributed by atoms with E-state index in [-0.39, 0.29) is 11.5 Å². The number of carbonyl (C=O) groups is 2. The number of aromatic nitrogens is 1. The molecular weight excluding hydrogens is 280 g/mol. The van der Waals surface area contributed by atoms with Crippen LogP contribution in [0.15, 0.2) is 0 Å². The summed E-state index contributed by atoms with van der Waals surface area (Å²) < 4.78 is 9.59. The van der Waals surface area contributed by atoms with Gasteiger partial charge in [-0.1, -0.05) is 11.3 Å². The summed E-state index contributed by atoms with van der Waals surface area (Å²) in [7, 11) is 2.96. The second-order valence-electron chi connectivity index (χ2n) is 4.22. The van der Waals surface area contributed by atoms with Crippen LogP contribution >= 0.6 is 11.3 Å². The van der Waals surface area contributed by atoms with E-state index in [1.165, 1.54) is 25.4 Å². The van der Waals surface area contributed by atoms with E-state index in [2.05, 4.69) is 15.0 Å². The Morgan fingerprint density at radius 2 is 2.00 bits per heavy atom. The second kappa shape index (κ2) is 8.65. The first kappa shape index (κ1) is 16.6. The SMILES string of the molecule is COCCCCCNc1nc(C(=O)OC)c(C(C)=O)s1. The Balaban J connectivity index is 2.54. The zero-order valence-corrected chi connectivity index (χ0v) is 12.8. The quantitative estimate of drug-likeness (QED) is 0.428. The molecule has 0 radical (unpaired) electrons. The lowest BCUT2D eigenvalue weighted by Gasteiger charge is -2.02. The lowest BCUT2D eigenvalue weighted by molar-refractivity contribution is 0.0591. The number of hydrogen-bond donors (Lipinski definition) is 1. The van der Waals surface area contributed by atoms with Crippen molar-refractivity contribution in [3.05, 3.63) is 10.6 Å². The van der Waals surface area contributed by atoms with E-state index < -0.39 is 5.97 Å². The van der Waals surface area contributed by atoms with Crippen LogP contribution in [0.1, 0.15) is 46.3 Å². The molecule has 0 aromatic carbocycles. The maximum Gasteiger partial charge on any atom is 0.358 e. The van der Waals surface area contributed by atoms with Crippen LogP contribution in [0.25, 0.3) is 0 Å². The molecule has 0 spiro atoms. The molecule has 1 aromatic rings. The van der Waals surface area contributed by atoms with Crippen molar-refractivity contribution in [2.24, 2.45) is 0 Å². The van der Waals surface area contributed by atoms with Crippen LogP contribution in [0.5, 0.6) is 0 Å². The number of ketones is 1. The number of unbranched alkanes of at least 4 members (excludes halogenated alkanes) is 2. The highest BCUT2D eigenvalue weighted by molar-refractivity contribution is 7.17. The molecule has 1 heterocycles. The van der Waals surface area contributed by atoms with Crippen molar-refractivity contribution in [3.8, 4) is 0 Å². The van der Waals surface area contributed by atoms with Gasteiger partial charge in [0.2, 0.25) is 0 Å². The summed E-state index contributed by atoms with van der Waals surface area (Å²) in [4.78, 5) is 27.5. The predicted molar refractivity (Wildman–Crippen MR) is 77.7 cm³/mol. The van der Waals surface area contributed by atoms with Crippen molar-refractivity contribution in [2.75, 3.05) is 32.7 Å². The van der Waals surface area contributed by atoms with Crippen LogP contribution in [0.3, 0.4) is 0 Å². The van der Waals surface area contributed by atoms with Crippen LogP contribution in [0, 0.1) is 0 Å². The smallest absolute Gasteiger partial charge is 0.358 e. The Hall–Kier alpha value is -1.47. The molecule has 0 saturated heterocycles. The lowest BCUT2D eigenvalue weighted by Crippen LogP contribution is -2.07. The van der Waals surface area contributed by atoms with E-state index in [0.717, 1.165) is 32.4 Å². The highest BCUT2D eigenvalue weighted by Gasteiger charge is 2.21. The number of Topliss-reactive ketones (excluding diaryl/α,β-unsaturated/α-hetero) is 1. The third-order valence-electron chi connectivity index (χ3n) is 2.63. The molecule has 0 saturated carbocycles. The summed E-state index contributed by atoms with van der Waals surface area (Å²) in [6, 6.07) is 0. The molecule has 0 bridgehead atoms. The van der Waals surface area contributed by atoms with Crippen LogP contribution in [-0.2, 0) is 9.47 Å². The first-order chi connectivity index (χ1) is 9.60. The third-order valence-corrected chi connectivity index (χ3v) is 3.74. The topological polar surface area (TPSA) is 77.5 Å².